The van der Waals surface area contributed by atoms with Gasteiger partial charge < -0.3 is 0 Å². The van der Waals surface area contributed by atoms with E-state index in [9.17, 15) is 0 Å². The lowest BCUT2D eigenvalue weighted by atomic mass is 10.4. The van der Waals surface area contributed by atoms with Crippen LogP contribution in [0.15, 0.2) is 30.3 Å². The predicted octanol–water partition coefficient (Wildman–Crippen LogP) is 3.23. The van der Waals surface area contributed by atoms with Crippen molar-refractivity contribution in [3.8, 4) is 0 Å². The molecule has 0 unspecified atom stereocenters. The molecular weight excluding hydrogens is 196 g/mol. The van der Waals surface area contributed by atoms with Crippen LogP contribution in [-0.2, 0) is 0 Å². The Bertz CT molecular complexity index is 244. The van der Waals surface area contributed by atoms with Crippen LogP contribution in [0.4, 0.5) is 0 Å². The highest BCUT2D eigenvalue weighted by Crippen LogP contribution is 2.12. The van der Waals surface area contributed by atoms with Crippen LogP contribution in [0.25, 0.3) is 0 Å². The third-order valence-corrected chi connectivity index (χ3v) is 6.26. The Hall–Kier alpha value is -0.273. The van der Waals surface area contributed by atoms with Gasteiger partial charge in [-0.05, 0) is 6.42 Å². The van der Waals surface area contributed by atoms with Gasteiger partial charge in [0.25, 0.3) is 0 Å². The van der Waals surface area contributed by atoms with Crippen molar-refractivity contribution in [3.63, 3.8) is 0 Å². The first kappa shape index (κ1) is 10.8. The summed E-state index contributed by atoms with van der Waals surface area (Å²) in [5.74, 6) is 0.795. The molecule has 0 saturated heterocycles. The van der Waals surface area contributed by atoms with Crippen molar-refractivity contribution in [2.75, 3.05) is 5.88 Å². The Morgan fingerprint density at radius 3 is 2.31 bits per heavy atom. The molecule has 0 N–H and O–H groups in total. The molecular formula is C11H17ClSi. The van der Waals surface area contributed by atoms with E-state index in [-0.39, 0.29) is 0 Å². The fourth-order valence-electron chi connectivity index (χ4n) is 1.54. The summed E-state index contributed by atoms with van der Waals surface area (Å²) in [5, 5.41) is 1.54. The number of hydrogen-bond acceptors (Lipinski definition) is 0. The Morgan fingerprint density at radius 2 is 1.77 bits per heavy atom. The highest BCUT2D eigenvalue weighted by molar-refractivity contribution is 6.89. The number of hydrogen-bond donors (Lipinski definition) is 0. The topological polar surface area (TPSA) is 0 Å². The normalized spacial score (nSPS) is 11.6. The quantitative estimate of drug-likeness (QED) is 0.531. The fraction of sp³-hybridized carbons (Fsp3) is 0.455. The minimum atomic E-state index is -1.18. The smallest absolute Gasteiger partial charge is 0.0806 e. The van der Waals surface area contributed by atoms with Crippen LogP contribution in [0.5, 0.6) is 0 Å². The highest BCUT2D eigenvalue weighted by atomic mass is 35.5. The molecule has 0 amide bonds. The van der Waals surface area contributed by atoms with Crippen molar-refractivity contribution < 1.29 is 0 Å². The SMILES string of the molecule is C[Si](C)(CCCCl)c1ccccc1. The molecule has 0 aliphatic heterocycles. The molecule has 0 atom stereocenters. The van der Waals surface area contributed by atoms with Gasteiger partial charge in [0.15, 0.2) is 0 Å². The van der Waals surface area contributed by atoms with Crippen LogP contribution in [0.2, 0.25) is 19.1 Å². The van der Waals surface area contributed by atoms with Crippen LogP contribution in [0, 0.1) is 0 Å². The summed E-state index contributed by atoms with van der Waals surface area (Å²) in [6.07, 6.45) is 1.15. The lowest BCUT2D eigenvalue weighted by Gasteiger charge is -2.22. The van der Waals surface area contributed by atoms with Gasteiger partial charge in [-0.15, -0.1) is 11.6 Å². The molecule has 0 aliphatic rings. The second-order valence-corrected chi connectivity index (χ2v) is 9.27. The Labute approximate surface area is 86.9 Å². The first-order valence-corrected chi connectivity index (χ1v) is 8.52. The zero-order valence-electron chi connectivity index (χ0n) is 8.39. The summed E-state index contributed by atoms with van der Waals surface area (Å²) in [6.45, 7) is 4.82. The predicted molar refractivity (Wildman–Crippen MR) is 63.7 cm³/mol. The van der Waals surface area contributed by atoms with Crippen molar-refractivity contribution >= 4 is 24.9 Å². The van der Waals surface area contributed by atoms with Gasteiger partial charge in [-0.25, -0.2) is 0 Å². The first-order valence-electron chi connectivity index (χ1n) is 4.78. The van der Waals surface area contributed by atoms with E-state index in [1.807, 2.05) is 0 Å². The maximum absolute atomic E-state index is 5.72. The first-order chi connectivity index (χ1) is 6.17. The molecule has 0 radical (unpaired) electrons. The monoisotopic (exact) mass is 212 g/mol. The van der Waals surface area contributed by atoms with Gasteiger partial charge >= 0.3 is 0 Å². The van der Waals surface area contributed by atoms with Crippen LogP contribution in [0.3, 0.4) is 0 Å². The van der Waals surface area contributed by atoms with Crippen LogP contribution in [0.1, 0.15) is 6.42 Å². The lowest BCUT2D eigenvalue weighted by Crippen LogP contribution is -2.40. The minimum Gasteiger partial charge on any atom is -0.127 e. The molecule has 0 nitrogen and oxygen atoms in total. The van der Waals surface area contributed by atoms with Crippen molar-refractivity contribution in [1.29, 1.82) is 0 Å². The van der Waals surface area contributed by atoms with E-state index in [2.05, 4.69) is 43.4 Å². The largest absolute Gasteiger partial charge is 0.127 e. The van der Waals surface area contributed by atoms with Crippen LogP contribution >= 0.6 is 11.6 Å². The van der Waals surface area contributed by atoms with Crippen molar-refractivity contribution in [2.24, 2.45) is 0 Å². The summed E-state index contributed by atoms with van der Waals surface area (Å²) in [6, 6.07) is 12.1. The molecule has 0 spiro atoms. The van der Waals surface area contributed by atoms with Gasteiger partial charge in [0.05, 0.1) is 8.07 Å². The third kappa shape index (κ3) is 3.16. The molecule has 0 aliphatic carbocycles. The summed E-state index contributed by atoms with van der Waals surface area (Å²) in [5.41, 5.74) is 0. The second kappa shape index (κ2) is 4.82. The molecule has 1 aromatic rings. The van der Waals surface area contributed by atoms with Gasteiger partial charge in [0, 0.05) is 5.88 Å². The zero-order chi connectivity index (χ0) is 9.73. The summed E-state index contributed by atoms with van der Waals surface area (Å²) in [7, 11) is -1.18. The van der Waals surface area contributed by atoms with E-state index in [0.29, 0.717) is 0 Å². The van der Waals surface area contributed by atoms with Crippen LogP contribution in [-0.4, -0.2) is 14.0 Å². The van der Waals surface area contributed by atoms with E-state index in [4.69, 9.17) is 11.6 Å². The summed E-state index contributed by atoms with van der Waals surface area (Å²) >= 11 is 5.72. The van der Waals surface area contributed by atoms with E-state index >= 15 is 0 Å². The average molecular weight is 213 g/mol. The molecule has 2 heteroatoms. The Balaban J connectivity index is 2.69. The van der Waals surface area contributed by atoms with Gasteiger partial charge in [-0.2, -0.15) is 0 Å². The van der Waals surface area contributed by atoms with Gasteiger partial charge in [0.1, 0.15) is 0 Å². The lowest BCUT2D eigenvalue weighted by molar-refractivity contribution is 1.06. The molecule has 0 fully saturated rings. The van der Waals surface area contributed by atoms with E-state index in [1.165, 1.54) is 6.04 Å². The molecule has 0 aromatic heterocycles. The Kier molecular flexibility index (Phi) is 4.01. The number of benzene rings is 1. The molecule has 0 saturated carbocycles. The van der Waals surface area contributed by atoms with E-state index in [1.54, 1.807) is 5.19 Å². The molecule has 72 valence electrons. The second-order valence-electron chi connectivity index (χ2n) is 4.04. The maximum atomic E-state index is 5.72. The third-order valence-electron chi connectivity index (χ3n) is 2.49. The van der Waals surface area contributed by atoms with E-state index < -0.39 is 8.07 Å². The average Bonchev–Trinajstić information content (AvgIpc) is 2.16. The Morgan fingerprint density at radius 1 is 1.15 bits per heavy atom. The summed E-state index contributed by atoms with van der Waals surface area (Å²) < 4.78 is 0. The van der Waals surface area contributed by atoms with Gasteiger partial charge in [-0.1, -0.05) is 54.7 Å². The van der Waals surface area contributed by atoms with Crippen LogP contribution < -0.4 is 5.19 Å². The van der Waals surface area contributed by atoms with E-state index in [0.717, 1.165) is 12.3 Å². The molecule has 0 bridgehead atoms. The van der Waals surface area contributed by atoms with Crippen molar-refractivity contribution in [2.45, 2.75) is 25.6 Å². The number of rotatable bonds is 4. The molecule has 1 rings (SSSR count). The standard InChI is InChI=1S/C11H17ClSi/c1-13(2,10-6-9-12)11-7-4-3-5-8-11/h3-5,7-8H,6,9-10H2,1-2H3. The van der Waals surface area contributed by atoms with Crippen molar-refractivity contribution in [1.82, 2.24) is 0 Å². The summed E-state index contributed by atoms with van der Waals surface area (Å²) in [4.78, 5) is 0. The fourth-order valence-corrected chi connectivity index (χ4v) is 4.34. The van der Waals surface area contributed by atoms with Gasteiger partial charge in [0.2, 0.25) is 0 Å². The number of halogens is 1. The molecule has 0 heterocycles. The molecule has 13 heavy (non-hydrogen) atoms. The maximum Gasteiger partial charge on any atom is 0.0806 e. The number of alkyl halides is 1. The van der Waals surface area contributed by atoms with Gasteiger partial charge in [-0.3, -0.25) is 0 Å². The molecule has 1 aromatic carbocycles. The minimum absolute atomic E-state index is 0.795. The highest BCUT2D eigenvalue weighted by Gasteiger charge is 2.21. The van der Waals surface area contributed by atoms with Crippen molar-refractivity contribution in [3.05, 3.63) is 30.3 Å². The zero-order valence-corrected chi connectivity index (χ0v) is 10.1.